The molecule has 0 aliphatic rings. The highest BCUT2D eigenvalue weighted by atomic mass is 35.5. The minimum Gasteiger partial charge on any atom is -0.302 e. The van der Waals surface area contributed by atoms with E-state index >= 15 is 0 Å². The number of hydrogen-bond acceptors (Lipinski definition) is 2. The predicted octanol–water partition coefficient (Wildman–Crippen LogP) is 2.52. The van der Waals surface area contributed by atoms with Gasteiger partial charge in [-0.3, -0.25) is 0 Å². The Balaban J connectivity index is 2.45. The van der Waals surface area contributed by atoms with Gasteiger partial charge in [-0.1, -0.05) is 17.7 Å². The zero-order valence-electron chi connectivity index (χ0n) is 8.43. The summed E-state index contributed by atoms with van der Waals surface area (Å²) in [6.07, 6.45) is 0.728. The maximum absolute atomic E-state index is 12.8. The summed E-state index contributed by atoms with van der Waals surface area (Å²) in [4.78, 5) is 0. The molecule has 0 spiro atoms. The molecule has 0 saturated carbocycles. The van der Waals surface area contributed by atoms with E-state index in [1.54, 1.807) is 19.1 Å². The topological polar surface area (TPSA) is 35.8 Å². The lowest BCUT2D eigenvalue weighted by Crippen LogP contribution is -2.26. The molecule has 0 amide bonds. The molecule has 1 aromatic rings. The average Bonchev–Trinajstić information content (AvgIpc) is 2.23. The summed E-state index contributed by atoms with van der Waals surface area (Å²) < 4.78 is 12.8. The summed E-state index contributed by atoms with van der Waals surface area (Å²) >= 11 is 5.63. The fraction of sp³-hybridized carbons (Fsp3) is 0.364. The summed E-state index contributed by atoms with van der Waals surface area (Å²) in [7, 11) is 0. The zero-order chi connectivity index (χ0) is 11.3. The van der Waals surface area contributed by atoms with Crippen LogP contribution in [0.2, 0.25) is 5.02 Å². The van der Waals surface area contributed by atoms with Crippen LogP contribution >= 0.6 is 11.6 Å². The number of rotatable bonds is 4. The molecule has 0 heterocycles. The second-order valence-electron chi connectivity index (χ2n) is 3.30. The van der Waals surface area contributed by atoms with Crippen molar-refractivity contribution in [1.82, 2.24) is 5.32 Å². The van der Waals surface area contributed by atoms with Crippen LogP contribution in [0.1, 0.15) is 12.5 Å². The largest absolute Gasteiger partial charge is 0.302 e. The Hall–Kier alpha value is -1.11. The normalized spacial score (nSPS) is 12.1. The van der Waals surface area contributed by atoms with Gasteiger partial charge in [0, 0.05) is 6.54 Å². The van der Waals surface area contributed by atoms with E-state index in [9.17, 15) is 4.39 Å². The Labute approximate surface area is 93.7 Å². The van der Waals surface area contributed by atoms with E-state index < -0.39 is 5.82 Å². The third-order valence-electron chi connectivity index (χ3n) is 2.04. The van der Waals surface area contributed by atoms with Crippen molar-refractivity contribution in [2.45, 2.75) is 19.4 Å². The van der Waals surface area contributed by atoms with Gasteiger partial charge >= 0.3 is 0 Å². The molecule has 0 aliphatic carbocycles. The minimum atomic E-state index is -0.404. The molecular formula is C11H12ClFN2. The first-order chi connectivity index (χ1) is 7.13. The van der Waals surface area contributed by atoms with Gasteiger partial charge in [-0.15, -0.1) is 0 Å². The van der Waals surface area contributed by atoms with Crippen LogP contribution in [0.3, 0.4) is 0 Å². The van der Waals surface area contributed by atoms with Crippen molar-refractivity contribution in [2.24, 2.45) is 0 Å². The first-order valence-electron chi connectivity index (χ1n) is 4.70. The lowest BCUT2D eigenvalue weighted by Gasteiger charge is -2.06. The van der Waals surface area contributed by atoms with Crippen LogP contribution < -0.4 is 5.32 Å². The van der Waals surface area contributed by atoms with Crippen molar-refractivity contribution in [2.75, 3.05) is 6.54 Å². The van der Waals surface area contributed by atoms with Gasteiger partial charge in [0.2, 0.25) is 0 Å². The summed E-state index contributed by atoms with van der Waals surface area (Å²) in [6.45, 7) is 2.47. The lowest BCUT2D eigenvalue weighted by atomic mass is 10.1. The molecular weight excluding hydrogens is 215 g/mol. The molecule has 80 valence electrons. The maximum atomic E-state index is 12.8. The van der Waals surface area contributed by atoms with Gasteiger partial charge in [-0.25, -0.2) is 4.39 Å². The van der Waals surface area contributed by atoms with E-state index in [1.807, 2.05) is 0 Å². The molecule has 1 N–H and O–H groups in total. The van der Waals surface area contributed by atoms with Crippen molar-refractivity contribution < 1.29 is 4.39 Å². The summed E-state index contributed by atoms with van der Waals surface area (Å²) in [5.41, 5.74) is 0.957. The fourth-order valence-corrected chi connectivity index (χ4v) is 1.38. The number of nitriles is 1. The van der Waals surface area contributed by atoms with Crippen molar-refractivity contribution in [3.8, 4) is 6.07 Å². The molecule has 1 atom stereocenters. The molecule has 0 fully saturated rings. The summed E-state index contributed by atoms with van der Waals surface area (Å²) in [5.74, 6) is -0.404. The molecule has 4 heteroatoms. The zero-order valence-corrected chi connectivity index (χ0v) is 9.18. The predicted molar refractivity (Wildman–Crippen MR) is 58.2 cm³/mol. The number of nitrogens with one attached hydrogen (secondary N) is 1. The Morgan fingerprint density at radius 2 is 2.33 bits per heavy atom. The smallest absolute Gasteiger partial charge is 0.141 e. The molecule has 1 aromatic carbocycles. The molecule has 0 saturated heterocycles. The summed E-state index contributed by atoms with van der Waals surface area (Å²) in [5, 5.41) is 11.7. The van der Waals surface area contributed by atoms with Crippen molar-refractivity contribution in [1.29, 1.82) is 5.26 Å². The minimum absolute atomic E-state index is 0.140. The van der Waals surface area contributed by atoms with Crippen LogP contribution in [0.15, 0.2) is 18.2 Å². The third-order valence-corrected chi connectivity index (χ3v) is 2.33. The monoisotopic (exact) mass is 226 g/mol. The van der Waals surface area contributed by atoms with Gasteiger partial charge in [0.1, 0.15) is 5.82 Å². The fourth-order valence-electron chi connectivity index (χ4n) is 1.17. The van der Waals surface area contributed by atoms with E-state index in [0.29, 0.717) is 6.54 Å². The molecule has 0 aromatic heterocycles. The molecule has 0 radical (unpaired) electrons. The van der Waals surface area contributed by atoms with Crippen molar-refractivity contribution in [3.63, 3.8) is 0 Å². The van der Waals surface area contributed by atoms with Crippen LogP contribution in [-0.4, -0.2) is 12.6 Å². The van der Waals surface area contributed by atoms with E-state index in [4.69, 9.17) is 16.9 Å². The highest BCUT2D eigenvalue weighted by molar-refractivity contribution is 6.30. The highest BCUT2D eigenvalue weighted by Gasteiger charge is 2.01. The summed E-state index contributed by atoms with van der Waals surface area (Å²) in [6, 6.07) is 6.56. The average molecular weight is 227 g/mol. The Morgan fingerprint density at radius 1 is 1.60 bits per heavy atom. The lowest BCUT2D eigenvalue weighted by molar-refractivity contribution is 0.623. The van der Waals surface area contributed by atoms with Crippen LogP contribution in [0.25, 0.3) is 0 Å². The molecule has 2 nitrogen and oxygen atoms in total. The Bertz CT molecular complexity index is 373. The number of benzene rings is 1. The van der Waals surface area contributed by atoms with Gasteiger partial charge in [0.05, 0.1) is 17.1 Å². The number of hydrogen-bond donors (Lipinski definition) is 1. The van der Waals surface area contributed by atoms with Crippen molar-refractivity contribution in [3.05, 3.63) is 34.6 Å². The third kappa shape index (κ3) is 3.86. The van der Waals surface area contributed by atoms with Gasteiger partial charge in [-0.05, 0) is 31.0 Å². The SMILES string of the molecule is CC(C#N)NCCc1ccc(F)c(Cl)c1. The first-order valence-corrected chi connectivity index (χ1v) is 5.08. The Morgan fingerprint density at radius 3 is 2.93 bits per heavy atom. The quantitative estimate of drug-likeness (QED) is 0.857. The number of nitrogens with zero attached hydrogens (tertiary/aromatic N) is 1. The second kappa shape index (κ2) is 5.69. The Kier molecular flexibility index (Phi) is 4.54. The highest BCUT2D eigenvalue weighted by Crippen LogP contribution is 2.15. The molecule has 1 rings (SSSR count). The van der Waals surface area contributed by atoms with Gasteiger partial charge < -0.3 is 5.32 Å². The van der Waals surface area contributed by atoms with Crippen LogP contribution in [0, 0.1) is 17.1 Å². The molecule has 1 unspecified atom stereocenters. The molecule has 0 bridgehead atoms. The van der Waals surface area contributed by atoms with E-state index in [1.165, 1.54) is 6.07 Å². The maximum Gasteiger partial charge on any atom is 0.141 e. The van der Waals surface area contributed by atoms with Crippen LogP contribution in [-0.2, 0) is 6.42 Å². The molecule has 0 aliphatic heterocycles. The first kappa shape index (κ1) is 12.0. The molecule has 15 heavy (non-hydrogen) atoms. The number of halogens is 2. The van der Waals surface area contributed by atoms with Gasteiger partial charge in [0.15, 0.2) is 0 Å². The van der Waals surface area contributed by atoms with Gasteiger partial charge in [-0.2, -0.15) is 5.26 Å². The van der Waals surface area contributed by atoms with Crippen LogP contribution in [0.5, 0.6) is 0 Å². The second-order valence-corrected chi connectivity index (χ2v) is 3.71. The van der Waals surface area contributed by atoms with Crippen LogP contribution in [0.4, 0.5) is 4.39 Å². The van der Waals surface area contributed by atoms with E-state index in [0.717, 1.165) is 12.0 Å². The van der Waals surface area contributed by atoms with E-state index in [-0.39, 0.29) is 11.1 Å². The van der Waals surface area contributed by atoms with E-state index in [2.05, 4.69) is 11.4 Å². The van der Waals surface area contributed by atoms with Crippen molar-refractivity contribution >= 4 is 11.6 Å². The standard InChI is InChI=1S/C11H12ClFN2/c1-8(7-14)15-5-4-9-2-3-11(13)10(12)6-9/h2-3,6,8,15H,4-5H2,1H3. The van der Waals surface area contributed by atoms with Gasteiger partial charge in [0.25, 0.3) is 0 Å².